The molecule has 1 heterocycles. The summed E-state index contributed by atoms with van der Waals surface area (Å²) in [5.74, 6) is -1.02. The number of ether oxygens (including phenoxy) is 1. The number of nitro groups is 1. The zero-order valence-electron chi connectivity index (χ0n) is 9.03. The number of carbonyl (C=O) groups excluding carboxylic acids is 1. The molecule has 0 aliphatic heterocycles. The third-order valence-corrected chi connectivity index (χ3v) is 2.56. The monoisotopic (exact) mass is 257 g/mol. The van der Waals surface area contributed by atoms with Gasteiger partial charge in [-0.05, 0) is 29.3 Å². The number of thiophene rings is 1. The molecular weight excluding hydrogens is 246 g/mol. The van der Waals surface area contributed by atoms with Gasteiger partial charge in [-0.15, -0.1) is 0 Å². The van der Waals surface area contributed by atoms with Crippen LogP contribution in [0.2, 0.25) is 0 Å². The SMILES string of the molecule is CCOC(=O)C(O)/C(=C\c1ccsc1)[N+](=O)[O-]. The number of aliphatic hydroxyl groups excluding tert-OH is 1. The lowest BCUT2D eigenvalue weighted by molar-refractivity contribution is -0.432. The molecule has 1 aromatic heterocycles. The zero-order chi connectivity index (χ0) is 12.8. The molecule has 0 saturated heterocycles. The molecule has 0 fully saturated rings. The minimum absolute atomic E-state index is 0.0549. The van der Waals surface area contributed by atoms with Crippen molar-refractivity contribution in [2.75, 3.05) is 6.61 Å². The lowest BCUT2D eigenvalue weighted by atomic mass is 10.2. The van der Waals surface area contributed by atoms with Crippen LogP contribution < -0.4 is 0 Å². The molecule has 0 saturated carbocycles. The Morgan fingerprint density at radius 1 is 1.76 bits per heavy atom. The molecule has 0 spiro atoms. The average Bonchev–Trinajstić information content (AvgIpc) is 2.77. The Bertz CT molecular complexity index is 426. The second kappa shape index (κ2) is 6.12. The Morgan fingerprint density at radius 3 is 2.94 bits per heavy atom. The molecule has 0 aliphatic carbocycles. The number of aliphatic hydroxyl groups is 1. The normalized spacial score (nSPS) is 13.2. The second-order valence-electron chi connectivity index (χ2n) is 3.04. The predicted octanol–water partition coefficient (Wildman–Crippen LogP) is 1.29. The molecule has 6 nitrogen and oxygen atoms in total. The number of nitrogens with zero attached hydrogens (tertiary/aromatic N) is 1. The second-order valence-corrected chi connectivity index (χ2v) is 3.82. The van der Waals surface area contributed by atoms with Gasteiger partial charge in [0.1, 0.15) is 0 Å². The molecule has 1 unspecified atom stereocenters. The van der Waals surface area contributed by atoms with Gasteiger partial charge < -0.3 is 9.84 Å². The van der Waals surface area contributed by atoms with Crippen LogP contribution in [0.4, 0.5) is 0 Å². The van der Waals surface area contributed by atoms with Crippen LogP contribution in [0.15, 0.2) is 22.5 Å². The van der Waals surface area contributed by atoms with Crippen molar-refractivity contribution in [3.05, 3.63) is 38.2 Å². The highest BCUT2D eigenvalue weighted by molar-refractivity contribution is 7.08. The molecule has 17 heavy (non-hydrogen) atoms. The lowest BCUT2D eigenvalue weighted by Gasteiger charge is -2.06. The Labute approximate surface area is 101 Å². The van der Waals surface area contributed by atoms with Gasteiger partial charge in [0.25, 0.3) is 5.70 Å². The lowest BCUT2D eigenvalue weighted by Crippen LogP contribution is -2.28. The highest BCUT2D eigenvalue weighted by Gasteiger charge is 2.30. The maximum atomic E-state index is 11.2. The van der Waals surface area contributed by atoms with Crippen molar-refractivity contribution in [3.63, 3.8) is 0 Å². The summed E-state index contributed by atoms with van der Waals surface area (Å²) in [6.45, 7) is 1.61. The summed E-state index contributed by atoms with van der Waals surface area (Å²) in [6, 6.07) is 1.64. The van der Waals surface area contributed by atoms with Gasteiger partial charge in [-0.3, -0.25) is 10.1 Å². The first-order chi connectivity index (χ1) is 8.06. The first kappa shape index (κ1) is 13.3. The number of esters is 1. The first-order valence-corrected chi connectivity index (χ1v) is 5.73. The van der Waals surface area contributed by atoms with E-state index in [2.05, 4.69) is 4.74 Å². The zero-order valence-corrected chi connectivity index (χ0v) is 9.85. The Kier molecular flexibility index (Phi) is 4.80. The van der Waals surface area contributed by atoms with Crippen LogP contribution in [-0.4, -0.2) is 28.7 Å². The molecule has 0 aromatic carbocycles. The molecule has 1 aromatic rings. The molecule has 7 heteroatoms. The molecule has 0 radical (unpaired) electrons. The third kappa shape index (κ3) is 3.65. The Hall–Kier alpha value is -1.73. The maximum absolute atomic E-state index is 11.2. The van der Waals surface area contributed by atoms with Crippen LogP contribution in [0.1, 0.15) is 12.5 Å². The van der Waals surface area contributed by atoms with Crippen molar-refractivity contribution in [2.24, 2.45) is 0 Å². The third-order valence-electron chi connectivity index (χ3n) is 1.86. The van der Waals surface area contributed by atoms with Crippen molar-refractivity contribution in [1.82, 2.24) is 0 Å². The van der Waals surface area contributed by atoms with Gasteiger partial charge in [-0.1, -0.05) is 0 Å². The number of hydrogen-bond acceptors (Lipinski definition) is 6. The first-order valence-electron chi connectivity index (χ1n) is 4.79. The van der Waals surface area contributed by atoms with Gasteiger partial charge >= 0.3 is 5.97 Å². The van der Waals surface area contributed by atoms with Gasteiger partial charge in [0, 0.05) is 6.08 Å². The summed E-state index contributed by atoms with van der Waals surface area (Å²) in [4.78, 5) is 21.2. The standard InChI is InChI=1S/C10H11NO5S/c1-2-16-10(13)9(12)8(11(14)15)5-7-3-4-17-6-7/h3-6,9,12H,2H2,1H3/b8-5+. The molecule has 1 N–H and O–H groups in total. The molecule has 0 aliphatic rings. The van der Waals surface area contributed by atoms with E-state index < -0.39 is 22.7 Å². The van der Waals surface area contributed by atoms with E-state index in [-0.39, 0.29) is 6.61 Å². The van der Waals surface area contributed by atoms with E-state index >= 15 is 0 Å². The van der Waals surface area contributed by atoms with Crippen molar-refractivity contribution >= 4 is 23.4 Å². The smallest absolute Gasteiger partial charge is 0.346 e. The van der Waals surface area contributed by atoms with Crippen LogP contribution in [0.3, 0.4) is 0 Å². The summed E-state index contributed by atoms with van der Waals surface area (Å²) in [6.07, 6.45) is -0.720. The molecule has 0 bridgehead atoms. The Morgan fingerprint density at radius 2 is 2.47 bits per heavy atom. The highest BCUT2D eigenvalue weighted by atomic mass is 32.1. The van der Waals surface area contributed by atoms with Crippen LogP contribution in [-0.2, 0) is 9.53 Å². The fraction of sp³-hybridized carbons (Fsp3) is 0.300. The van der Waals surface area contributed by atoms with E-state index in [1.54, 1.807) is 23.8 Å². The number of hydrogen-bond donors (Lipinski definition) is 1. The summed E-state index contributed by atoms with van der Waals surface area (Å²) in [5, 5.41) is 23.6. The van der Waals surface area contributed by atoms with Crippen LogP contribution in [0, 0.1) is 10.1 Å². The topological polar surface area (TPSA) is 89.7 Å². The summed E-state index contributed by atoms with van der Waals surface area (Å²) >= 11 is 1.36. The average molecular weight is 257 g/mol. The van der Waals surface area contributed by atoms with Gasteiger partial charge in [0.15, 0.2) is 0 Å². The van der Waals surface area contributed by atoms with Gasteiger partial charge in [-0.2, -0.15) is 11.3 Å². The van der Waals surface area contributed by atoms with Crippen LogP contribution in [0.5, 0.6) is 0 Å². The summed E-state index contributed by atoms with van der Waals surface area (Å²) in [5.41, 5.74) is -0.0353. The van der Waals surface area contributed by atoms with Crippen LogP contribution in [0.25, 0.3) is 6.08 Å². The Balaban J connectivity index is 2.94. The number of carbonyl (C=O) groups is 1. The summed E-state index contributed by atoms with van der Waals surface area (Å²) in [7, 11) is 0. The minimum Gasteiger partial charge on any atom is -0.464 e. The van der Waals surface area contributed by atoms with Gasteiger partial charge in [0.2, 0.25) is 6.10 Å². The van der Waals surface area contributed by atoms with E-state index in [1.165, 1.54) is 11.3 Å². The number of rotatable bonds is 5. The fourth-order valence-electron chi connectivity index (χ4n) is 1.10. The van der Waals surface area contributed by atoms with Crippen LogP contribution >= 0.6 is 11.3 Å². The maximum Gasteiger partial charge on any atom is 0.346 e. The summed E-state index contributed by atoms with van der Waals surface area (Å²) < 4.78 is 4.52. The molecule has 92 valence electrons. The molecule has 1 atom stereocenters. The van der Waals surface area contributed by atoms with E-state index in [9.17, 15) is 20.0 Å². The van der Waals surface area contributed by atoms with Crippen molar-refractivity contribution in [3.8, 4) is 0 Å². The van der Waals surface area contributed by atoms with E-state index in [1.807, 2.05) is 0 Å². The molecule has 1 rings (SSSR count). The van der Waals surface area contributed by atoms with E-state index in [0.717, 1.165) is 6.08 Å². The van der Waals surface area contributed by atoms with Crippen molar-refractivity contribution in [1.29, 1.82) is 0 Å². The minimum atomic E-state index is -1.87. The van der Waals surface area contributed by atoms with E-state index in [4.69, 9.17) is 0 Å². The largest absolute Gasteiger partial charge is 0.464 e. The predicted molar refractivity (Wildman–Crippen MR) is 61.9 cm³/mol. The molecular formula is C10H11NO5S. The van der Waals surface area contributed by atoms with Gasteiger partial charge in [-0.25, -0.2) is 4.79 Å². The molecule has 0 amide bonds. The highest BCUT2D eigenvalue weighted by Crippen LogP contribution is 2.14. The fourth-order valence-corrected chi connectivity index (χ4v) is 1.72. The van der Waals surface area contributed by atoms with Crippen molar-refractivity contribution < 1.29 is 19.6 Å². The van der Waals surface area contributed by atoms with Gasteiger partial charge in [0.05, 0.1) is 11.5 Å². The van der Waals surface area contributed by atoms with Crippen molar-refractivity contribution in [2.45, 2.75) is 13.0 Å². The quantitative estimate of drug-likeness (QED) is 0.487. The van der Waals surface area contributed by atoms with E-state index in [0.29, 0.717) is 5.56 Å².